The van der Waals surface area contributed by atoms with Gasteiger partial charge in [0.25, 0.3) is 0 Å². The van der Waals surface area contributed by atoms with Crippen molar-refractivity contribution in [2.24, 2.45) is 0 Å². The zero-order valence-corrected chi connectivity index (χ0v) is 14.0. The van der Waals surface area contributed by atoms with Gasteiger partial charge in [-0.1, -0.05) is 11.6 Å². The Morgan fingerprint density at radius 1 is 1.32 bits per heavy atom. The standard InChI is InChI=1S/C16H15ClN2O2S/c1-9(2)21-16(20)14-8-13-10(3)18-19(15(13)22-14)12-6-4-11(17)5-7-12/h4-9H,1-3H3. The van der Waals surface area contributed by atoms with Crippen molar-refractivity contribution < 1.29 is 9.53 Å². The van der Waals surface area contributed by atoms with Gasteiger partial charge >= 0.3 is 5.97 Å². The maximum absolute atomic E-state index is 12.1. The molecular formula is C16H15ClN2O2S. The molecule has 0 bridgehead atoms. The molecule has 114 valence electrons. The topological polar surface area (TPSA) is 44.1 Å². The Morgan fingerprint density at radius 2 is 2.00 bits per heavy atom. The first-order valence-electron chi connectivity index (χ1n) is 6.92. The summed E-state index contributed by atoms with van der Waals surface area (Å²) in [5.74, 6) is -0.293. The number of halogens is 1. The van der Waals surface area contributed by atoms with Crippen LogP contribution in [0.5, 0.6) is 0 Å². The Labute approximate surface area is 137 Å². The molecule has 0 N–H and O–H groups in total. The van der Waals surface area contributed by atoms with Gasteiger partial charge in [0.1, 0.15) is 9.71 Å². The van der Waals surface area contributed by atoms with Gasteiger partial charge in [0.15, 0.2) is 0 Å². The molecule has 0 unspecified atom stereocenters. The number of hydrogen-bond acceptors (Lipinski definition) is 4. The number of aryl methyl sites for hydroxylation is 1. The van der Waals surface area contributed by atoms with E-state index in [0.717, 1.165) is 21.6 Å². The monoisotopic (exact) mass is 334 g/mol. The van der Waals surface area contributed by atoms with E-state index in [1.807, 2.05) is 55.8 Å². The molecule has 0 saturated carbocycles. The molecule has 0 aliphatic rings. The number of carbonyl (C=O) groups excluding carboxylic acids is 1. The Hall–Kier alpha value is -1.85. The summed E-state index contributed by atoms with van der Waals surface area (Å²) in [6.07, 6.45) is -0.133. The molecule has 2 aromatic heterocycles. The average molecular weight is 335 g/mol. The third-order valence-electron chi connectivity index (χ3n) is 3.16. The van der Waals surface area contributed by atoms with Crippen LogP contribution in [0.2, 0.25) is 5.02 Å². The third-order valence-corrected chi connectivity index (χ3v) is 4.50. The molecule has 2 heterocycles. The lowest BCUT2D eigenvalue weighted by atomic mass is 10.3. The molecular weight excluding hydrogens is 320 g/mol. The van der Waals surface area contributed by atoms with Crippen molar-refractivity contribution in [2.45, 2.75) is 26.9 Å². The van der Waals surface area contributed by atoms with E-state index < -0.39 is 0 Å². The van der Waals surface area contributed by atoms with E-state index in [0.29, 0.717) is 9.90 Å². The molecule has 0 saturated heterocycles. The summed E-state index contributed by atoms with van der Waals surface area (Å²) in [6, 6.07) is 9.29. The fraction of sp³-hybridized carbons (Fsp3) is 0.250. The van der Waals surface area contributed by atoms with E-state index in [9.17, 15) is 4.79 Å². The van der Waals surface area contributed by atoms with E-state index in [4.69, 9.17) is 16.3 Å². The minimum atomic E-state index is -0.293. The number of nitrogens with zero attached hydrogens (tertiary/aromatic N) is 2. The normalized spacial score (nSPS) is 11.3. The number of aromatic nitrogens is 2. The smallest absolute Gasteiger partial charge is 0.348 e. The van der Waals surface area contributed by atoms with Crippen molar-refractivity contribution in [3.8, 4) is 5.69 Å². The fourth-order valence-electron chi connectivity index (χ4n) is 2.18. The Morgan fingerprint density at radius 3 is 2.64 bits per heavy atom. The molecule has 0 aliphatic carbocycles. The first-order chi connectivity index (χ1) is 10.5. The van der Waals surface area contributed by atoms with E-state index >= 15 is 0 Å². The van der Waals surface area contributed by atoms with E-state index in [-0.39, 0.29) is 12.1 Å². The lowest BCUT2D eigenvalue weighted by molar-refractivity contribution is 0.0384. The highest BCUT2D eigenvalue weighted by atomic mass is 35.5. The predicted molar refractivity (Wildman–Crippen MR) is 89.2 cm³/mol. The number of esters is 1. The zero-order valence-electron chi connectivity index (χ0n) is 12.5. The summed E-state index contributed by atoms with van der Waals surface area (Å²) in [7, 11) is 0. The molecule has 0 fully saturated rings. The van der Waals surface area contributed by atoms with Gasteiger partial charge in [0.05, 0.1) is 17.5 Å². The molecule has 0 atom stereocenters. The van der Waals surface area contributed by atoms with Crippen LogP contribution in [0.15, 0.2) is 30.3 Å². The van der Waals surface area contributed by atoms with Crippen molar-refractivity contribution >= 4 is 39.1 Å². The number of fused-ring (bicyclic) bond motifs is 1. The lowest BCUT2D eigenvalue weighted by Gasteiger charge is -2.05. The maximum Gasteiger partial charge on any atom is 0.348 e. The van der Waals surface area contributed by atoms with Gasteiger partial charge in [-0.05, 0) is 51.1 Å². The van der Waals surface area contributed by atoms with Crippen LogP contribution in [-0.2, 0) is 4.74 Å². The van der Waals surface area contributed by atoms with Crippen molar-refractivity contribution in [3.63, 3.8) is 0 Å². The molecule has 0 aliphatic heterocycles. The Balaban J connectivity index is 2.07. The van der Waals surface area contributed by atoms with E-state index in [1.165, 1.54) is 11.3 Å². The van der Waals surface area contributed by atoms with E-state index in [2.05, 4.69) is 5.10 Å². The largest absolute Gasteiger partial charge is 0.459 e. The average Bonchev–Trinajstić information content (AvgIpc) is 3.00. The highest BCUT2D eigenvalue weighted by Crippen LogP contribution is 2.31. The summed E-state index contributed by atoms with van der Waals surface area (Å²) < 4.78 is 7.09. The van der Waals surface area contributed by atoms with Crippen LogP contribution in [0.25, 0.3) is 15.9 Å². The molecule has 3 rings (SSSR count). The lowest BCUT2D eigenvalue weighted by Crippen LogP contribution is -2.10. The van der Waals surface area contributed by atoms with Gasteiger partial charge in [-0.15, -0.1) is 11.3 Å². The van der Waals surface area contributed by atoms with Crippen molar-refractivity contribution in [1.82, 2.24) is 9.78 Å². The summed E-state index contributed by atoms with van der Waals surface area (Å²) in [5.41, 5.74) is 1.79. The molecule has 0 spiro atoms. The number of thiophene rings is 1. The Bertz CT molecular complexity index is 834. The van der Waals surface area contributed by atoms with Crippen LogP contribution in [0.3, 0.4) is 0 Å². The summed E-state index contributed by atoms with van der Waals surface area (Å²) in [6.45, 7) is 5.61. The number of rotatable bonds is 3. The SMILES string of the molecule is Cc1nn(-c2ccc(Cl)cc2)c2sc(C(=O)OC(C)C)cc12. The molecule has 22 heavy (non-hydrogen) atoms. The summed E-state index contributed by atoms with van der Waals surface area (Å²) in [5, 5.41) is 6.19. The minimum absolute atomic E-state index is 0.133. The van der Waals surface area contributed by atoms with Crippen molar-refractivity contribution in [1.29, 1.82) is 0 Å². The second kappa shape index (κ2) is 5.74. The van der Waals surface area contributed by atoms with Crippen LogP contribution < -0.4 is 0 Å². The predicted octanol–water partition coefficient (Wildman–Crippen LogP) is 4.61. The second-order valence-corrected chi connectivity index (χ2v) is 6.72. The molecule has 4 nitrogen and oxygen atoms in total. The van der Waals surface area contributed by atoms with Gasteiger partial charge in [-0.3, -0.25) is 0 Å². The van der Waals surface area contributed by atoms with Gasteiger partial charge in [-0.2, -0.15) is 5.10 Å². The molecule has 6 heteroatoms. The number of ether oxygens (including phenoxy) is 1. The van der Waals surface area contributed by atoms with Crippen LogP contribution in [0.4, 0.5) is 0 Å². The van der Waals surface area contributed by atoms with Gasteiger partial charge in [0, 0.05) is 10.4 Å². The third kappa shape index (κ3) is 2.74. The number of hydrogen-bond donors (Lipinski definition) is 0. The Kier molecular flexibility index (Phi) is 3.93. The highest BCUT2D eigenvalue weighted by molar-refractivity contribution is 7.20. The molecule has 0 amide bonds. The minimum Gasteiger partial charge on any atom is -0.459 e. The fourth-order valence-corrected chi connectivity index (χ4v) is 3.37. The van der Waals surface area contributed by atoms with Gasteiger partial charge < -0.3 is 4.74 Å². The quantitative estimate of drug-likeness (QED) is 0.657. The van der Waals surface area contributed by atoms with Gasteiger partial charge in [-0.25, -0.2) is 9.48 Å². The second-order valence-electron chi connectivity index (χ2n) is 5.26. The van der Waals surface area contributed by atoms with Crippen LogP contribution in [0.1, 0.15) is 29.2 Å². The van der Waals surface area contributed by atoms with Crippen LogP contribution in [0, 0.1) is 6.92 Å². The maximum atomic E-state index is 12.1. The number of benzene rings is 1. The molecule has 1 aromatic carbocycles. The molecule has 3 aromatic rings. The van der Waals surface area contributed by atoms with E-state index in [1.54, 1.807) is 0 Å². The first kappa shape index (κ1) is 15.1. The molecule has 0 radical (unpaired) electrons. The number of carbonyl (C=O) groups is 1. The van der Waals surface area contributed by atoms with Crippen LogP contribution in [-0.4, -0.2) is 21.9 Å². The summed E-state index contributed by atoms with van der Waals surface area (Å²) in [4.78, 5) is 13.6. The zero-order chi connectivity index (χ0) is 15.9. The van der Waals surface area contributed by atoms with Gasteiger partial charge in [0.2, 0.25) is 0 Å². The highest BCUT2D eigenvalue weighted by Gasteiger charge is 2.18. The van der Waals surface area contributed by atoms with Crippen molar-refractivity contribution in [2.75, 3.05) is 0 Å². The summed E-state index contributed by atoms with van der Waals surface area (Å²) >= 11 is 7.32. The van der Waals surface area contributed by atoms with Crippen LogP contribution >= 0.6 is 22.9 Å². The first-order valence-corrected chi connectivity index (χ1v) is 8.11. The van der Waals surface area contributed by atoms with Crippen molar-refractivity contribution in [3.05, 3.63) is 45.9 Å².